The van der Waals surface area contributed by atoms with Crippen molar-refractivity contribution in [1.29, 1.82) is 0 Å². The highest BCUT2D eigenvalue weighted by Crippen LogP contribution is 2.27. The third kappa shape index (κ3) is 4.83. The van der Waals surface area contributed by atoms with E-state index in [0.29, 0.717) is 24.5 Å². The molecule has 2 aliphatic rings. The van der Waals surface area contributed by atoms with Crippen molar-refractivity contribution in [3.8, 4) is 5.75 Å². The number of methoxy groups -OCH3 is 1. The Morgan fingerprint density at radius 3 is 2.55 bits per heavy atom. The number of hydrogen-bond acceptors (Lipinski definition) is 6. The summed E-state index contributed by atoms with van der Waals surface area (Å²) >= 11 is 0. The van der Waals surface area contributed by atoms with Gasteiger partial charge in [0.05, 0.1) is 19.4 Å². The Balaban J connectivity index is 1.50. The zero-order chi connectivity index (χ0) is 23.4. The number of carbonyl (C=O) groups excluding carboxylic acids is 3. The number of fused-ring (bicyclic) bond motifs is 1. The molecule has 0 spiro atoms. The van der Waals surface area contributed by atoms with Gasteiger partial charge in [-0.15, -0.1) is 0 Å². The number of hydrogen-bond donors (Lipinski definition) is 2. The molecule has 172 valence electrons. The van der Waals surface area contributed by atoms with E-state index in [4.69, 9.17) is 4.74 Å². The number of hydrazine groups is 1. The van der Waals surface area contributed by atoms with Crippen LogP contribution in [0, 0.1) is 0 Å². The summed E-state index contributed by atoms with van der Waals surface area (Å²) in [6, 6.07) is 15.5. The summed E-state index contributed by atoms with van der Waals surface area (Å²) in [6.07, 6.45) is 1.72. The Kier molecular flexibility index (Phi) is 6.60. The van der Waals surface area contributed by atoms with Crippen molar-refractivity contribution in [3.63, 3.8) is 0 Å². The van der Waals surface area contributed by atoms with Gasteiger partial charge in [-0.25, -0.2) is 10.2 Å². The molecule has 9 nitrogen and oxygen atoms in total. The summed E-state index contributed by atoms with van der Waals surface area (Å²) in [4.78, 5) is 41.8. The average molecular weight is 450 g/mol. The topological polar surface area (TPSA) is 94.2 Å². The fourth-order valence-corrected chi connectivity index (χ4v) is 3.85. The van der Waals surface area contributed by atoms with Crippen LogP contribution in [0.1, 0.15) is 18.1 Å². The van der Waals surface area contributed by atoms with Gasteiger partial charge in [0.1, 0.15) is 18.3 Å². The maximum Gasteiger partial charge on any atom is 0.331 e. The van der Waals surface area contributed by atoms with Gasteiger partial charge < -0.3 is 15.1 Å². The van der Waals surface area contributed by atoms with Crippen LogP contribution in [0.3, 0.4) is 0 Å². The monoisotopic (exact) mass is 449 g/mol. The molecule has 1 atom stereocenters. The van der Waals surface area contributed by atoms with Crippen LogP contribution in [0.5, 0.6) is 5.75 Å². The fraction of sp³-hybridized carbons (Fsp3) is 0.292. The smallest absolute Gasteiger partial charge is 0.331 e. The van der Waals surface area contributed by atoms with Crippen LogP contribution in [0.2, 0.25) is 0 Å². The number of rotatable bonds is 8. The third-order valence-electron chi connectivity index (χ3n) is 5.62. The van der Waals surface area contributed by atoms with E-state index in [2.05, 4.69) is 10.7 Å². The molecule has 2 heterocycles. The number of nitrogens with zero attached hydrogens (tertiary/aromatic N) is 3. The van der Waals surface area contributed by atoms with Gasteiger partial charge in [0.15, 0.2) is 0 Å². The predicted octanol–water partition coefficient (Wildman–Crippen LogP) is 1.83. The van der Waals surface area contributed by atoms with Gasteiger partial charge in [-0.05, 0) is 30.2 Å². The Hall–Kier alpha value is -3.85. The second-order valence-corrected chi connectivity index (χ2v) is 7.81. The summed E-state index contributed by atoms with van der Waals surface area (Å²) in [5, 5.41) is 4.59. The van der Waals surface area contributed by atoms with Crippen LogP contribution >= 0.6 is 0 Å². The summed E-state index contributed by atoms with van der Waals surface area (Å²) < 4.78 is 5.21. The number of nitrogens with one attached hydrogen (secondary N) is 2. The zero-order valence-electron chi connectivity index (χ0n) is 18.7. The quantitative estimate of drug-likeness (QED) is 0.639. The number of urea groups is 1. The van der Waals surface area contributed by atoms with Crippen molar-refractivity contribution >= 4 is 17.8 Å². The van der Waals surface area contributed by atoms with Gasteiger partial charge in [-0.1, -0.05) is 42.5 Å². The van der Waals surface area contributed by atoms with E-state index in [1.165, 1.54) is 9.80 Å². The molecule has 0 aromatic heterocycles. The Morgan fingerprint density at radius 2 is 1.82 bits per heavy atom. The van der Waals surface area contributed by atoms with Gasteiger partial charge in [0.25, 0.3) is 5.91 Å². The zero-order valence-corrected chi connectivity index (χ0v) is 18.7. The van der Waals surface area contributed by atoms with Crippen LogP contribution in [0.4, 0.5) is 4.79 Å². The molecule has 1 fully saturated rings. The molecule has 0 radical (unpaired) electrons. The van der Waals surface area contributed by atoms with E-state index in [1.807, 2.05) is 61.5 Å². The molecule has 9 heteroatoms. The lowest BCUT2D eigenvalue weighted by atomic mass is 10.1. The van der Waals surface area contributed by atoms with Gasteiger partial charge >= 0.3 is 6.03 Å². The van der Waals surface area contributed by atoms with Crippen molar-refractivity contribution in [2.75, 3.05) is 20.2 Å². The van der Waals surface area contributed by atoms with E-state index < -0.39 is 12.1 Å². The predicted molar refractivity (Wildman–Crippen MR) is 121 cm³/mol. The SMILES string of the molecule is CCN1C=C2C(N1)C(=O)N(Cc1ccccc1)C(=O)N2CC(=O)NCc1cccc(OC)c1. The molecule has 1 unspecified atom stereocenters. The maximum atomic E-state index is 13.3. The molecule has 1 saturated heterocycles. The molecule has 2 aliphatic heterocycles. The lowest BCUT2D eigenvalue weighted by Crippen LogP contribution is -2.61. The molecule has 2 N–H and O–H groups in total. The Morgan fingerprint density at radius 1 is 1.06 bits per heavy atom. The molecule has 0 saturated carbocycles. The number of imide groups is 1. The normalized spacial score (nSPS) is 17.7. The molecular formula is C24H27N5O4. The van der Waals surface area contributed by atoms with Gasteiger partial charge in [0.2, 0.25) is 5.91 Å². The van der Waals surface area contributed by atoms with Crippen LogP contribution in [-0.4, -0.2) is 58.9 Å². The Bertz CT molecular complexity index is 1070. The lowest BCUT2D eigenvalue weighted by Gasteiger charge is -2.37. The van der Waals surface area contributed by atoms with Gasteiger partial charge in [-0.3, -0.25) is 19.4 Å². The van der Waals surface area contributed by atoms with E-state index >= 15 is 0 Å². The van der Waals surface area contributed by atoms with Crippen molar-refractivity contribution in [1.82, 2.24) is 25.6 Å². The molecule has 33 heavy (non-hydrogen) atoms. The molecular weight excluding hydrogens is 422 g/mol. The number of ether oxygens (including phenoxy) is 1. The highest BCUT2D eigenvalue weighted by Gasteiger charge is 2.46. The lowest BCUT2D eigenvalue weighted by molar-refractivity contribution is -0.134. The van der Waals surface area contributed by atoms with E-state index in [-0.39, 0.29) is 24.9 Å². The fourth-order valence-electron chi connectivity index (χ4n) is 3.85. The van der Waals surface area contributed by atoms with E-state index in [1.54, 1.807) is 18.3 Å². The van der Waals surface area contributed by atoms with Gasteiger partial charge in [-0.2, -0.15) is 0 Å². The summed E-state index contributed by atoms with van der Waals surface area (Å²) in [6.45, 7) is 2.78. The number of amides is 4. The minimum atomic E-state index is -0.711. The van der Waals surface area contributed by atoms with E-state index in [9.17, 15) is 14.4 Å². The number of carbonyl (C=O) groups is 3. The first kappa shape index (κ1) is 22.3. The van der Waals surface area contributed by atoms with Crippen LogP contribution in [-0.2, 0) is 22.7 Å². The van der Waals surface area contributed by atoms with Crippen LogP contribution < -0.4 is 15.5 Å². The molecule has 0 aliphatic carbocycles. The van der Waals surface area contributed by atoms with Crippen molar-refractivity contribution in [2.24, 2.45) is 0 Å². The van der Waals surface area contributed by atoms with Crippen molar-refractivity contribution in [2.45, 2.75) is 26.1 Å². The molecule has 4 rings (SSSR count). The first-order valence-electron chi connectivity index (χ1n) is 10.8. The molecule has 4 amide bonds. The largest absolute Gasteiger partial charge is 0.497 e. The van der Waals surface area contributed by atoms with Gasteiger partial charge in [0, 0.05) is 19.3 Å². The average Bonchev–Trinajstić information content (AvgIpc) is 3.29. The highest BCUT2D eigenvalue weighted by atomic mass is 16.5. The highest BCUT2D eigenvalue weighted by molar-refractivity contribution is 6.04. The minimum absolute atomic E-state index is 0.137. The van der Waals surface area contributed by atoms with Crippen molar-refractivity contribution < 1.29 is 19.1 Å². The first-order valence-corrected chi connectivity index (χ1v) is 10.8. The molecule has 2 aromatic carbocycles. The molecule has 2 aromatic rings. The van der Waals surface area contributed by atoms with Crippen LogP contribution in [0.15, 0.2) is 66.5 Å². The molecule has 0 bridgehead atoms. The Labute approximate surface area is 192 Å². The third-order valence-corrected chi connectivity index (χ3v) is 5.62. The van der Waals surface area contributed by atoms with E-state index in [0.717, 1.165) is 11.1 Å². The maximum absolute atomic E-state index is 13.3. The summed E-state index contributed by atoms with van der Waals surface area (Å²) in [5.41, 5.74) is 5.30. The summed E-state index contributed by atoms with van der Waals surface area (Å²) in [5.74, 6) is 0.0431. The second kappa shape index (κ2) is 9.74. The summed E-state index contributed by atoms with van der Waals surface area (Å²) in [7, 11) is 1.58. The van der Waals surface area contributed by atoms with Crippen molar-refractivity contribution in [3.05, 3.63) is 77.6 Å². The number of benzene rings is 2. The standard InChI is InChI=1S/C24H27N5O4/c1-3-27-15-20-22(26-27)23(31)29(14-17-8-5-4-6-9-17)24(32)28(20)16-21(30)25-13-18-10-7-11-19(12-18)33-2/h4-12,15,22,26H,3,13-14,16H2,1-2H3,(H,25,30). The first-order chi connectivity index (χ1) is 16.0. The van der Waals surface area contributed by atoms with Crippen LogP contribution in [0.25, 0.3) is 0 Å². The second-order valence-electron chi connectivity index (χ2n) is 7.81. The minimum Gasteiger partial charge on any atom is -0.497 e.